The van der Waals surface area contributed by atoms with Gasteiger partial charge in [-0.3, -0.25) is 145 Å². The van der Waals surface area contributed by atoms with Crippen molar-refractivity contribution in [3.05, 3.63) is 309 Å². The summed E-state index contributed by atoms with van der Waals surface area (Å²) in [5.41, 5.74) is -42.0. The van der Waals surface area contributed by atoms with E-state index in [4.69, 9.17) is 0 Å². The molecule has 0 spiro atoms. The predicted molar refractivity (Wildman–Crippen MR) is 361 cm³/mol. The van der Waals surface area contributed by atoms with E-state index in [1.807, 2.05) is 30.2 Å². The number of nitrogens with zero attached hydrogens (tertiary/aromatic N) is 6. The minimum Gasteiger partial charge on any atom is -0.288 e. The van der Waals surface area contributed by atoms with Crippen molar-refractivity contribution >= 4 is 137 Å². The van der Waals surface area contributed by atoms with Crippen molar-refractivity contribution in [1.29, 1.82) is 0 Å². The topological polar surface area (TPSA) is 511 Å². The molecule has 7 aromatic carbocycles. The first-order chi connectivity index (χ1) is 48.6. The first kappa shape index (κ1) is 57.7. The number of carbonyl (C=O) groups is 3. The van der Waals surface area contributed by atoms with E-state index in [2.05, 4.69) is 6.58 Å². The normalized spacial score (nSPS) is 13.4. The largest absolute Gasteiger partial charge is 0.288 e. The molecule has 17 aromatic rings. The number of hydrogen-bond acceptors (Lipinski definition) is 23. The standard InChI is InChI=1S/C67H20N12O23/c1-14-15-2-16-17(46(81)68-45(16)80)3-28(15)57(92)74(14)39-40(75-58(93)29-4-18-19(5-30(29)59(75)94)48(83)69-47(18)82)42(77-62(97)33-8-22-23(9-34(33)63(77)98)52(87)71-51(22)86)44(79-66(101)37-12-26-27(13-38(37)67(79)102)56(91)73-55(26)90)43(78-64(99)35-10-24-25(11-36(35)65(78)100)54(89)72-53(24)88)41(39)76-60(95)31-6-20-21(7-32(31)61(76)96)50(85)70-49(20)84/h2-13H,1H2,(H,68,80,81)(H,69,82,83)(H,70,84,85)(H,71,86,87)(H,72,88,89)(H,73,90,91). The monoisotopic (exact) mass is 1360 g/mol. The molecule has 0 fully saturated rings. The quantitative estimate of drug-likeness (QED) is 0.0862. The fourth-order valence-electron chi connectivity index (χ4n) is 14.7. The summed E-state index contributed by atoms with van der Waals surface area (Å²) >= 11 is 0. The Labute approximate surface area is 544 Å². The molecule has 486 valence electrons. The van der Waals surface area contributed by atoms with Gasteiger partial charge in [-0.25, -0.2) is 22.8 Å². The van der Waals surface area contributed by atoms with E-state index in [1.165, 1.54) is 0 Å². The molecule has 35 nitrogen and oxygen atoms in total. The van der Waals surface area contributed by atoms with Gasteiger partial charge in [0.1, 0.15) is 34.1 Å². The first-order valence-corrected chi connectivity index (χ1v) is 29.5. The van der Waals surface area contributed by atoms with Crippen molar-refractivity contribution in [2.24, 2.45) is 0 Å². The number of nitrogens with one attached hydrogen (secondary N) is 6. The van der Waals surface area contributed by atoms with E-state index < -0.39 is 299 Å². The molecule has 102 heavy (non-hydrogen) atoms. The summed E-state index contributed by atoms with van der Waals surface area (Å²) < 4.78 is -0.280. The maximum Gasteiger partial charge on any atom is 0.266 e. The minimum absolute atomic E-state index is 0.0345. The molecule has 19 rings (SSSR count). The van der Waals surface area contributed by atoms with Gasteiger partial charge >= 0.3 is 0 Å². The zero-order valence-electron chi connectivity index (χ0n) is 49.7. The fourth-order valence-corrected chi connectivity index (χ4v) is 14.7. The molecule has 35 heteroatoms. The predicted octanol–water partition coefficient (Wildman–Crippen LogP) is -4.09. The zero-order chi connectivity index (χ0) is 71.4. The van der Waals surface area contributed by atoms with Crippen LogP contribution in [-0.4, -0.2) is 65.5 Å². The van der Waals surface area contributed by atoms with Gasteiger partial charge in [-0.15, -0.1) is 0 Å². The molecule has 0 unspecified atom stereocenters. The maximum atomic E-state index is 16.4. The molecule has 0 radical (unpaired) electrons. The van der Waals surface area contributed by atoms with Gasteiger partial charge in [0.2, 0.25) is 0 Å². The summed E-state index contributed by atoms with van der Waals surface area (Å²) in [4.78, 5) is 351. The van der Waals surface area contributed by atoms with Gasteiger partial charge in [0.15, 0.2) is 0 Å². The van der Waals surface area contributed by atoms with Gasteiger partial charge in [0, 0.05) is 5.56 Å². The Kier molecular flexibility index (Phi) is 10.3. The summed E-state index contributed by atoms with van der Waals surface area (Å²) in [5.74, 6) is -3.77. The maximum absolute atomic E-state index is 16.4. The van der Waals surface area contributed by atoms with E-state index in [9.17, 15) is 57.5 Å². The number of hydrogen-bond donors (Lipinski definition) is 6. The van der Waals surface area contributed by atoms with Crippen LogP contribution in [0.3, 0.4) is 0 Å². The van der Waals surface area contributed by atoms with Crippen LogP contribution in [0.15, 0.2) is 175 Å². The van der Waals surface area contributed by atoms with Gasteiger partial charge in [-0.1, -0.05) is 6.58 Å². The second-order valence-corrected chi connectivity index (χ2v) is 24.3. The third-order valence-electron chi connectivity index (χ3n) is 19.3. The number of aromatic amines is 5. The van der Waals surface area contributed by atoms with Crippen LogP contribution in [0.1, 0.15) is 36.6 Å². The Balaban J connectivity index is 1.17. The second kappa shape index (κ2) is 18.2. The van der Waals surface area contributed by atoms with Gasteiger partial charge in [0.05, 0.1) is 130 Å². The lowest BCUT2D eigenvalue weighted by Crippen LogP contribution is -2.40. The van der Waals surface area contributed by atoms with Crippen molar-refractivity contribution in [2.75, 3.05) is 4.90 Å². The van der Waals surface area contributed by atoms with E-state index in [0.717, 1.165) is 12.1 Å². The van der Waals surface area contributed by atoms with Crippen LogP contribution >= 0.6 is 0 Å². The molecule has 0 bridgehead atoms. The highest BCUT2D eigenvalue weighted by molar-refractivity contribution is 6.28. The molecule has 6 N–H and O–H groups in total. The summed E-state index contributed by atoms with van der Waals surface area (Å²) in [7, 11) is 0. The lowest BCUT2D eigenvalue weighted by atomic mass is 10.0. The Bertz CT molecular complexity index is 7730. The number of anilines is 1. The van der Waals surface area contributed by atoms with Crippen LogP contribution in [-0.2, 0) is 0 Å². The molecule has 0 saturated heterocycles. The summed E-state index contributed by atoms with van der Waals surface area (Å²) in [6, 6.07) is 8.84. The third kappa shape index (κ3) is 6.66. The molecular weight excluding hydrogens is 1340 g/mol. The summed E-state index contributed by atoms with van der Waals surface area (Å²) in [6.07, 6.45) is 0. The Morgan fingerprint density at radius 3 is 0.578 bits per heavy atom. The fraction of sp³-hybridized carbons (Fsp3) is 0. The molecule has 12 heterocycles. The Hall–Kier alpha value is -15.7. The highest BCUT2D eigenvalue weighted by atomic mass is 16.2. The number of carbonyl (C=O) groups excluding carboxylic acids is 3. The zero-order valence-corrected chi connectivity index (χ0v) is 49.7. The van der Waals surface area contributed by atoms with Crippen molar-refractivity contribution in [1.82, 2.24) is 53.1 Å². The van der Waals surface area contributed by atoms with E-state index in [1.54, 1.807) is 0 Å². The second-order valence-electron chi connectivity index (χ2n) is 24.3. The Morgan fingerprint density at radius 1 is 0.206 bits per heavy atom. The SMILES string of the molecule is C=C1c2cc3c(cc2C(=O)N1c1c(-n2c(=O)c4cc5c(=O)[nH]c(=O)c5cc4c2=O)c(-n2c(=O)c4cc5c(=O)[nH]c(=O)c5cc4c2=O)c(-n2c(=O)c4cc5c(=O)[nH]c(=O)c5cc4c2=O)c(-n2c(=O)c4cc5c(=O)[nH]c(=O)c5cc4c2=O)c1-n1c(=O)c2cc4c(=O)[nH]c(=O)c4cc2c1=O)C(=O)NC3=O. The third-order valence-corrected chi connectivity index (χ3v) is 19.3. The van der Waals surface area contributed by atoms with Crippen LogP contribution in [0.25, 0.3) is 142 Å². The van der Waals surface area contributed by atoms with E-state index >= 15 is 52.7 Å². The number of rotatable bonds is 6. The van der Waals surface area contributed by atoms with Crippen molar-refractivity contribution < 1.29 is 14.4 Å². The molecule has 0 atom stereocenters. The van der Waals surface area contributed by atoms with Gasteiger partial charge in [-0.05, 0) is 72.8 Å². The lowest BCUT2D eigenvalue weighted by Gasteiger charge is -2.30. The van der Waals surface area contributed by atoms with Crippen LogP contribution < -0.4 is 121 Å². The lowest BCUT2D eigenvalue weighted by molar-refractivity contribution is 0.0879. The number of benzene rings is 7. The average molecular weight is 1360 g/mol. The van der Waals surface area contributed by atoms with Crippen molar-refractivity contribution in [3.8, 4) is 28.4 Å². The van der Waals surface area contributed by atoms with Crippen molar-refractivity contribution in [3.63, 3.8) is 0 Å². The molecule has 2 aliphatic heterocycles. The molecular formula is C67H20N12O23. The minimum atomic E-state index is -1.79. The molecule has 0 saturated carbocycles. The van der Waals surface area contributed by atoms with Crippen LogP contribution in [0.4, 0.5) is 5.69 Å². The van der Waals surface area contributed by atoms with Crippen molar-refractivity contribution in [2.45, 2.75) is 0 Å². The van der Waals surface area contributed by atoms with Crippen LogP contribution in [0.2, 0.25) is 0 Å². The Morgan fingerprint density at radius 2 is 0.382 bits per heavy atom. The van der Waals surface area contributed by atoms with Crippen LogP contribution in [0.5, 0.6) is 0 Å². The van der Waals surface area contributed by atoms with Gasteiger partial charge in [0.25, 0.3) is 129 Å². The van der Waals surface area contributed by atoms with E-state index in [-0.39, 0.29) is 22.8 Å². The summed E-state index contributed by atoms with van der Waals surface area (Å²) in [5, 5.41) is -12.7. The highest BCUT2D eigenvalue weighted by Gasteiger charge is 2.46. The molecule has 10 aromatic heterocycles. The molecule has 2 aliphatic rings. The van der Waals surface area contributed by atoms with E-state index in [0.29, 0.717) is 65.6 Å². The average Bonchev–Trinajstić information content (AvgIpc) is 1.44. The molecule has 3 amide bonds. The number of fused-ring (bicyclic) bond motifs is 12. The number of H-pyrrole nitrogens is 5. The van der Waals surface area contributed by atoms with Gasteiger partial charge in [-0.2, -0.15) is 0 Å². The number of aromatic nitrogens is 10. The number of amides is 3. The number of imide groups is 1. The van der Waals surface area contributed by atoms with Gasteiger partial charge < -0.3 is 0 Å². The first-order valence-electron chi connectivity index (χ1n) is 29.5. The highest BCUT2D eigenvalue weighted by Crippen LogP contribution is 2.49. The van der Waals surface area contributed by atoms with Crippen LogP contribution in [0, 0.1) is 0 Å². The summed E-state index contributed by atoms with van der Waals surface area (Å²) in [6.45, 7) is 4.09. The smallest absolute Gasteiger partial charge is 0.266 e. The molecule has 0 aliphatic carbocycles.